The van der Waals surface area contributed by atoms with Gasteiger partial charge in [-0.05, 0) is 25.0 Å². The molecular formula is C20H23N3O4. The fourth-order valence-electron chi connectivity index (χ4n) is 2.75. The van der Waals surface area contributed by atoms with Gasteiger partial charge in [-0.2, -0.15) is 0 Å². The summed E-state index contributed by atoms with van der Waals surface area (Å²) >= 11 is 0. The highest BCUT2D eigenvalue weighted by Gasteiger charge is 2.17. The molecule has 2 aromatic rings. The molecule has 0 aromatic heterocycles. The second kappa shape index (κ2) is 9.47. The molecule has 0 saturated heterocycles. The van der Waals surface area contributed by atoms with Gasteiger partial charge in [0.1, 0.15) is 0 Å². The molecule has 0 bridgehead atoms. The molecule has 0 saturated carbocycles. The molecule has 0 unspecified atom stereocenters. The first-order valence-corrected chi connectivity index (χ1v) is 8.80. The van der Waals surface area contributed by atoms with Gasteiger partial charge in [0.15, 0.2) is 0 Å². The van der Waals surface area contributed by atoms with Crippen molar-refractivity contribution in [3.8, 4) is 0 Å². The number of hydrogen-bond donors (Lipinski definition) is 2. The Kier molecular flexibility index (Phi) is 7.05. The summed E-state index contributed by atoms with van der Waals surface area (Å²) in [6.45, 7) is 3.44. The van der Waals surface area contributed by atoms with Gasteiger partial charge in [0.05, 0.1) is 17.5 Å². The van der Waals surface area contributed by atoms with Crippen LogP contribution in [0.2, 0.25) is 0 Å². The normalized spacial score (nSPS) is 11.5. The van der Waals surface area contributed by atoms with E-state index in [0.717, 1.165) is 18.4 Å². The topological polar surface area (TPSA) is 101 Å². The maximum absolute atomic E-state index is 12.2. The van der Waals surface area contributed by atoms with Crippen molar-refractivity contribution in [3.05, 3.63) is 75.3 Å². The maximum atomic E-state index is 12.2. The van der Waals surface area contributed by atoms with Crippen molar-refractivity contribution >= 4 is 17.5 Å². The van der Waals surface area contributed by atoms with E-state index >= 15 is 0 Å². The zero-order valence-corrected chi connectivity index (χ0v) is 15.4. The highest BCUT2D eigenvalue weighted by Crippen LogP contribution is 2.19. The fourth-order valence-corrected chi connectivity index (χ4v) is 2.75. The maximum Gasteiger partial charge on any atom is 0.273 e. The molecule has 0 spiro atoms. The van der Waals surface area contributed by atoms with E-state index in [1.165, 1.54) is 18.2 Å². The van der Waals surface area contributed by atoms with Crippen molar-refractivity contribution in [1.29, 1.82) is 0 Å². The lowest BCUT2D eigenvalue weighted by molar-refractivity contribution is -0.385. The first-order valence-electron chi connectivity index (χ1n) is 8.80. The molecule has 0 radical (unpaired) electrons. The molecule has 7 nitrogen and oxygen atoms in total. The van der Waals surface area contributed by atoms with E-state index in [9.17, 15) is 19.7 Å². The zero-order chi connectivity index (χ0) is 19.8. The van der Waals surface area contributed by atoms with Crippen molar-refractivity contribution in [1.82, 2.24) is 10.6 Å². The van der Waals surface area contributed by atoms with Crippen LogP contribution in [-0.4, -0.2) is 23.3 Å². The Hall–Kier alpha value is -3.22. The highest BCUT2D eigenvalue weighted by molar-refractivity contribution is 5.97. The second-order valence-corrected chi connectivity index (χ2v) is 6.26. The van der Waals surface area contributed by atoms with E-state index in [-0.39, 0.29) is 29.7 Å². The van der Waals surface area contributed by atoms with Crippen LogP contribution in [0, 0.1) is 17.0 Å². The molecule has 142 valence electrons. The van der Waals surface area contributed by atoms with E-state index in [1.807, 2.05) is 37.3 Å². The van der Waals surface area contributed by atoms with E-state index < -0.39 is 10.8 Å². The van der Waals surface area contributed by atoms with E-state index in [4.69, 9.17) is 0 Å². The molecule has 0 aliphatic heterocycles. The van der Waals surface area contributed by atoms with Gasteiger partial charge in [-0.3, -0.25) is 19.7 Å². The molecule has 7 heteroatoms. The van der Waals surface area contributed by atoms with Crippen LogP contribution in [0.4, 0.5) is 5.69 Å². The van der Waals surface area contributed by atoms with Crippen molar-refractivity contribution in [2.75, 3.05) is 6.54 Å². The molecule has 2 N–H and O–H groups in total. The summed E-state index contributed by atoms with van der Waals surface area (Å²) in [6.07, 6.45) is 1.69. The Balaban J connectivity index is 1.97. The molecule has 0 fully saturated rings. The predicted molar refractivity (Wildman–Crippen MR) is 102 cm³/mol. The molecule has 0 heterocycles. The van der Waals surface area contributed by atoms with Gasteiger partial charge in [0.2, 0.25) is 5.91 Å². The summed E-state index contributed by atoms with van der Waals surface area (Å²) in [5.41, 5.74) is 1.50. The standard InChI is InChI=1S/C20H23N3O4/c1-3-7-17(15-8-5-4-6-9-15)22-19(24)13-21-20(25)16-11-10-14(2)18(12-16)23(26)27/h4-6,8-12,17H,3,7,13H2,1-2H3,(H,21,25)(H,22,24)/t17-/m0/s1. The van der Waals surface area contributed by atoms with Crippen LogP contribution in [0.25, 0.3) is 0 Å². The largest absolute Gasteiger partial charge is 0.348 e. The molecule has 2 rings (SSSR count). The summed E-state index contributed by atoms with van der Waals surface area (Å²) in [5, 5.41) is 16.4. The quantitative estimate of drug-likeness (QED) is 0.551. The SMILES string of the molecule is CCC[C@H](NC(=O)CNC(=O)c1ccc(C)c([N+](=O)[O-])c1)c1ccccc1. The van der Waals surface area contributed by atoms with Crippen LogP contribution in [0.1, 0.15) is 47.3 Å². The monoisotopic (exact) mass is 369 g/mol. The number of nitrogens with zero attached hydrogens (tertiary/aromatic N) is 1. The number of carbonyl (C=O) groups excluding carboxylic acids is 2. The molecule has 0 aliphatic rings. The number of amides is 2. The van der Waals surface area contributed by atoms with Crippen molar-refractivity contribution < 1.29 is 14.5 Å². The smallest absolute Gasteiger partial charge is 0.273 e. The molecule has 27 heavy (non-hydrogen) atoms. The molecule has 0 aliphatic carbocycles. The Morgan fingerprint density at radius 2 is 1.85 bits per heavy atom. The van der Waals surface area contributed by atoms with Gasteiger partial charge < -0.3 is 10.6 Å². The lowest BCUT2D eigenvalue weighted by atomic mass is 10.0. The summed E-state index contributed by atoms with van der Waals surface area (Å²) in [6, 6.07) is 13.7. The number of benzene rings is 2. The van der Waals surface area contributed by atoms with E-state index in [1.54, 1.807) is 6.92 Å². The highest BCUT2D eigenvalue weighted by atomic mass is 16.6. The van der Waals surface area contributed by atoms with Crippen LogP contribution in [0.15, 0.2) is 48.5 Å². The van der Waals surface area contributed by atoms with Gasteiger partial charge in [-0.25, -0.2) is 0 Å². The van der Waals surface area contributed by atoms with Crippen molar-refractivity contribution in [2.45, 2.75) is 32.7 Å². The van der Waals surface area contributed by atoms with Gasteiger partial charge in [-0.1, -0.05) is 49.7 Å². The van der Waals surface area contributed by atoms with E-state index in [2.05, 4.69) is 10.6 Å². The zero-order valence-electron chi connectivity index (χ0n) is 15.4. The van der Waals surface area contributed by atoms with Crippen LogP contribution < -0.4 is 10.6 Å². The minimum Gasteiger partial charge on any atom is -0.348 e. The summed E-state index contributed by atoms with van der Waals surface area (Å²) in [7, 11) is 0. The number of carbonyl (C=O) groups is 2. The number of nitro benzene ring substituents is 1. The average molecular weight is 369 g/mol. The first-order chi connectivity index (χ1) is 12.9. The van der Waals surface area contributed by atoms with Crippen LogP contribution in [-0.2, 0) is 4.79 Å². The number of rotatable bonds is 8. The third-order valence-corrected chi connectivity index (χ3v) is 4.19. The first kappa shape index (κ1) is 20.1. The molecule has 1 atom stereocenters. The number of nitro groups is 1. The predicted octanol–water partition coefficient (Wildman–Crippen LogP) is 3.29. The lowest BCUT2D eigenvalue weighted by Gasteiger charge is -2.18. The number of hydrogen-bond acceptors (Lipinski definition) is 4. The van der Waals surface area contributed by atoms with E-state index in [0.29, 0.717) is 5.56 Å². The van der Waals surface area contributed by atoms with Gasteiger partial charge in [-0.15, -0.1) is 0 Å². The Morgan fingerprint density at radius 1 is 1.15 bits per heavy atom. The fraction of sp³-hybridized carbons (Fsp3) is 0.300. The third kappa shape index (κ3) is 5.64. The summed E-state index contributed by atoms with van der Waals surface area (Å²) in [4.78, 5) is 34.9. The Labute approximate surface area is 157 Å². The van der Waals surface area contributed by atoms with Crippen LogP contribution >= 0.6 is 0 Å². The summed E-state index contributed by atoms with van der Waals surface area (Å²) < 4.78 is 0. The lowest BCUT2D eigenvalue weighted by Crippen LogP contribution is -2.38. The van der Waals surface area contributed by atoms with Crippen molar-refractivity contribution in [2.24, 2.45) is 0 Å². The van der Waals surface area contributed by atoms with Gasteiger partial charge >= 0.3 is 0 Å². The number of nitrogens with one attached hydrogen (secondary N) is 2. The second-order valence-electron chi connectivity index (χ2n) is 6.26. The van der Waals surface area contributed by atoms with Crippen LogP contribution in [0.5, 0.6) is 0 Å². The van der Waals surface area contributed by atoms with Gasteiger partial charge in [0, 0.05) is 17.2 Å². The summed E-state index contributed by atoms with van der Waals surface area (Å²) in [5.74, 6) is -0.840. The Morgan fingerprint density at radius 3 is 2.48 bits per heavy atom. The minimum absolute atomic E-state index is 0.124. The molecular weight excluding hydrogens is 346 g/mol. The minimum atomic E-state index is -0.534. The van der Waals surface area contributed by atoms with Gasteiger partial charge in [0.25, 0.3) is 11.6 Å². The molecule has 2 amide bonds. The molecule has 2 aromatic carbocycles. The Bertz CT molecular complexity index is 821. The van der Waals surface area contributed by atoms with Crippen molar-refractivity contribution in [3.63, 3.8) is 0 Å². The average Bonchev–Trinajstić information content (AvgIpc) is 2.66. The van der Waals surface area contributed by atoms with Crippen LogP contribution in [0.3, 0.4) is 0 Å². The third-order valence-electron chi connectivity index (χ3n) is 4.19. The number of aryl methyl sites for hydroxylation is 1.